The van der Waals surface area contributed by atoms with Gasteiger partial charge < -0.3 is 19.7 Å². The number of nitrogens with zero attached hydrogens (tertiary/aromatic N) is 2. The Morgan fingerprint density at radius 1 is 1.07 bits per heavy atom. The first-order chi connectivity index (χ1) is 21.5. The fourth-order valence-corrected chi connectivity index (χ4v) is 5.91. The smallest absolute Gasteiger partial charge is 0.412 e. The van der Waals surface area contributed by atoms with Gasteiger partial charge in [0.25, 0.3) is 5.91 Å². The summed E-state index contributed by atoms with van der Waals surface area (Å²) in [6, 6.07) is 8.67. The Morgan fingerprint density at radius 3 is 2.28 bits per heavy atom. The monoisotopic (exact) mass is 667 g/mol. The summed E-state index contributed by atoms with van der Waals surface area (Å²) in [6.07, 6.45) is -4.86. The molecule has 0 saturated carbocycles. The van der Waals surface area contributed by atoms with Crippen LogP contribution in [0.15, 0.2) is 47.9 Å². The average molecular weight is 668 g/mol. The maximum absolute atomic E-state index is 13.3. The van der Waals surface area contributed by atoms with E-state index in [0.29, 0.717) is 17.8 Å². The van der Waals surface area contributed by atoms with E-state index < -0.39 is 47.7 Å². The zero-order valence-electron chi connectivity index (χ0n) is 27.2. The van der Waals surface area contributed by atoms with Gasteiger partial charge in [0.1, 0.15) is 10.7 Å². The van der Waals surface area contributed by atoms with Crippen molar-refractivity contribution < 1.29 is 41.8 Å². The van der Waals surface area contributed by atoms with Crippen molar-refractivity contribution in [2.75, 3.05) is 14.2 Å². The maximum atomic E-state index is 13.3. The van der Waals surface area contributed by atoms with Gasteiger partial charge in [-0.2, -0.15) is 13.2 Å². The Bertz CT molecular complexity index is 1330. The van der Waals surface area contributed by atoms with Gasteiger partial charge in [0.05, 0.1) is 13.0 Å². The lowest BCUT2D eigenvalue weighted by molar-refractivity contribution is -0.148. The number of hydrogen-bond acceptors (Lipinski definition) is 8. The summed E-state index contributed by atoms with van der Waals surface area (Å²) in [5.74, 6) is -2.34. The SMILES string of the molecule is C=C(CCCC(=O)N(C)C(CC(OC(C)=O)c1nc(C(=O)NC(Cc2ccccc2)C[C@H](C)C(=O)OC)cs1)C(C)C)C(F)(F)F. The third-order valence-corrected chi connectivity index (χ3v) is 8.56. The highest BCUT2D eigenvalue weighted by molar-refractivity contribution is 7.09. The number of methoxy groups -OCH3 is 1. The lowest BCUT2D eigenvalue weighted by Crippen LogP contribution is -2.41. The summed E-state index contributed by atoms with van der Waals surface area (Å²) in [4.78, 5) is 56.4. The number of rotatable bonds is 17. The van der Waals surface area contributed by atoms with Crippen molar-refractivity contribution >= 4 is 35.1 Å². The van der Waals surface area contributed by atoms with E-state index in [-0.39, 0.29) is 49.2 Å². The normalized spacial score (nSPS) is 14.1. The molecular formula is C33H44F3N3O6S. The molecule has 0 saturated heterocycles. The molecule has 3 unspecified atom stereocenters. The zero-order valence-corrected chi connectivity index (χ0v) is 28.0. The fourth-order valence-electron chi connectivity index (χ4n) is 5.07. The summed E-state index contributed by atoms with van der Waals surface area (Å²) < 4.78 is 48.8. The predicted octanol–water partition coefficient (Wildman–Crippen LogP) is 6.45. The van der Waals surface area contributed by atoms with Crippen LogP contribution in [0.25, 0.3) is 0 Å². The Morgan fingerprint density at radius 2 is 1.72 bits per heavy atom. The number of aromatic nitrogens is 1. The molecule has 0 aliphatic rings. The Hall–Kier alpha value is -3.74. The summed E-state index contributed by atoms with van der Waals surface area (Å²) in [7, 11) is 2.88. The highest BCUT2D eigenvalue weighted by atomic mass is 32.1. The number of esters is 2. The number of hydrogen-bond donors (Lipinski definition) is 1. The van der Waals surface area contributed by atoms with Gasteiger partial charge in [0, 0.05) is 49.8 Å². The lowest BCUT2D eigenvalue weighted by Gasteiger charge is -2.33. The molecule has 0 aliphatic heterocycles. The van der Waals surface area contributed by atoms with Crippen LogP contribution in [-0.2, 0) is 30.3 Å². The molecule has 9 nitrogen and oxygen atoms in total. The van der Waals surface area contributed by atoms with E-state index in [1.54, 1.807) is 19.4 Å². The van der Waals surface area contributed by atoms with Crippen LogP contribution in [0.4, 0.5) is 13.2 Å². The Kier molecular flexibility index (Phi) is 14.9. The number of carbonyl (C=O) groups excluding carboxylic acids is 4. The molecule has 0 radical (unpaired) electrons. The van der Waals surface area contributed by atoms with E-state index in [4.69, 9.17) is 9.47 Å². The quantitative estimate of drug-likeness (QED) is 0.152. The van der Waals surface area contributed by atoms with Crippen LogP contribution >= 0.6 is 11.3 Å². The predicted molar refractivity (Wildman–Crippen MR) is 169 cm³/mol. The molecule has 2 rings (SSSR count). The molecule has 1 aromatic carbocycles. The molecule has 0 bridgehead atoms. The van der Waals surface area contributed by atoms with Crippen molar-refractivity contribution in [1.29, 1.82) is 0 Å². The molecule has 13 heteroatoms. The molecule has 1 N–H and O–H groups in total. The number of amides is 2. The molecule has 0 spiro atoms. The molecular weight excluding hydrogens is 623 g/mol. The molecule has 1 aromatic heterocycles. The zero-order chi connectivity index (χ0) is 34.6. The number of allylic oxidation sites excluding steroid dienone is 1. The van der Waals surface area contributed by atoms with Gasteiger partial charge in [-0.1, -0.05) is 57.7 Å². The molecule has 46 heavy (non-hydrogen) atoms. The van der Waals surface area contributed by atoms with Gasteiger partial charge in [-0.15, -0.1) is 11.3 Å². The van der Waals surface area contributed by atoms with E-state index >= 15 is 0 Å². The second-order valence-corrected chi connectivity index (χ2v) is 12.6. The molecule has 254 valence electrons. The number of benzene rings is 1. The minimum atomic E-state index is -4.50. The largest absolute Gasteiger partial charge is 0.469 e. The summed E-state index contributed by atoms with van der Waals surface area (Å²) in [5.41, 5.74) is 0.199. The van der Waals surface area contributed by atoms with Crippen molar-refractivity contribution in [1.82, 2.24) is 15.2 Å². The van der Waals surface area contributed by atoms with Gasteiger partial charge >= 0.3 is 18.1 Å². The molecule has 1 heterocycles. The minimum absolute atomic E-state index is 0.00562. The van der Waals surface area contributed by atoms with Crippen LogP contribution in [0.2, 0.25) is 0 Å². The van der Waals surface area contributed by atoms with Crippen molar-refractivity contribution in [2.24, 2.45) is 11.8 Å². The number of nitrogens with one attached hydrogen (secondary N) is 1. The van der Waals surface area contributed by atoms with Crippen LogP contribution < -0.4 is 5.32 Å². The standard InChI is InChI=1S/C33H44F3N3O6S/c1-20(2)27(39(6)29(41)15-11-12-22(4)33(34,35)36)18-28(45-23(5)40)31-38-26(19-46-31)30(42)37-25(16-21(3)32(43)44-7)17-24-13-9-8-10-14-24/h8-10,13-14,19-21,25,27-28H,4,11-12,15-18H2,1-3,5-7H3,(H,37,42)/t21-,25?,27?,28?/m0/s1. The van der Waals surface area contributed by atoms with Gasteiger partial charge in [-0.25, -0.2) is 4.98 Å². The average Bonchev–Trinajstić information content (AvgIpc) is 3.48. The number of thiazole rings is 1. The van der Waals surface area contributed by atoms with E-state index in [2.05, 4.69) is 16.9 Å². The third-order valence-electron chi connectivity index (χ3n) is 7.63. The van der Waals surface area contributed by atoms with Crippen LogP contribution in [-0.4, -0.2) is 66.1 Å². The molecule has 0 fully saturated rings. The van der Waals surface area contributed by atoms with Crippen molar-refractivity contribution in [3.05, 3.63) is 64.1 Å². The molecule has 0 aliphatic carbocycles. The number of alkyl halides is 3. The molecule has 4 atom stereocenters. The van der Waals surface area contributed by atoms with Gasteiger partial charge in [0.15, 0.2) is 6.10 Å². The van der Waals surface area contributed by atoms with Crippen LogP contribution in [0.3, 0.4) is 0 Å². The first-order valence-electron chi connectivity index (χ1n) is 15.1. The van der Waals surface area contributed by atoms with Crippen molar-refractivity contribution in [3.8, 4) is 0 Å². The molecule has 2 amide bonds. The van der Waals surface area contributed by atoms with E-state index in [9.17, 15) is 32.3 Å². The fraction of sp³-hybridized carbons (Fsp3) is 0.545. The Balaban J connectivity index is 2.20. The van der Waals surface area contributed by atoms with Crippen LogP contribution in [0.1, 0.15) is 87.0 Å². The van der Waals surface area contributed by atoms with E-state index in [1.165, 1.54) is 18.9 Å². The second-order valence-electron chi connectivity index (χ2n) is 11.7. The summed E-state index contributed by atoms with van der Waals surface area (Å²) >= 11 is 1.13. The number of carbonyl (C=O) groups is 4. The van der Waals surface area contributed by atoms with Crippen molar-refractivity contribution in [2.45, 2.75) is 90.6 Å². The first-order valence-corrected chi connectivity index (χ1v) is 16.0. The van der Waals surface area contributed by atoms with Crippen LogP contribution in [0.5, 0.6) is 0 Å². The maximum Gasteiger partial charge on any atom is 0.412 e. The minimum Gasteiger partial charge on any atom is -0.469 e. The van der Waals surface area contributed by atoms with E-state index in [0.717, 1.165) is 16.9 Å². The van der Waals surface area contributed by atoms with E-state index in [1.807, 2.05) is 44.2 Å². The van der Waals surface area contributed by atoms with Gasteiger partial charge in [-0.3, -0.25) is 19.2 Å². The first kappa shape index (κ1) is 38.4. The lowest BCUT2D eigenvalue weighted by atomic mass is 9.95. The van der Waals surface area contributed by atoms with Gasteiger partial charge in [-0.05, 0) is 37.2 Å². The second kappa shape index (κ2) is 17.8. The van der Waals surface area contributed by atoms with Crippen LogP contribution in [0, 0.1) is 11.8 Å². The topological polar surface area (TPSA) is 115 Å². The number of ether oxygens (including phenoxy) is 2. The highest BCUT2D eigenvalue weighted by Gasteiger charge is 2.33. The summed E-state index contributed by atoms with van der Waals surface area (Å²) in [6.45, 7) is 9.79. The molecule has 2 aromatic rings. The van der Waals surface area contributed by atoms with Gasteiger partial charge in [0.2, 0.25) is 5.91 Å². The Labute approximate surface area is 272 Å². The third kappa shape index (κ3) is 12.2. The van der Waals surface area contributed by atoms with Crippen molar-refractivity contribution in [3.63, 3.8) is 0 Å². The highest BCUT2D eigenvalue weighted by Crippen LogP contribution is 2.31. The summed E-state index contributed by atoms with van der Waals surface area (Å²) in [5, 5.41) is 4.88. The number of halogens is 3.